The molecule has 2 heterocycles. The maximum atomic E-state index is 12.8. The highest BCUT2D eigenvalue weighted by molar-refractivity contribution is 7.09. The van der Waals surface area contributed by atoms with Gasteiger partial charge in [-0.05, 0) is 11.4 Å². The number of hydrogen-bond donors (Lipinski definition) is 1. The summed E-state index contributed by atoms with van der Waals surface area (Å²) in [7, 11) is 0. The number of aromatic nitrogens is 3. The number of aryl methyl sites for hydroxylation is 2. The minimum absolute atomic E-state index is 0.0738. The lowest BCUT2D eigenvalue weighted by Crippen LogP contribution is -2.19. The Bertz CT molecular complexity index is 577. The Kier molecular flexibility index (Phi) is 3.56. The van der Waals surface area contributed by atoms with Crippen LogP contribution in [0.25, 0.3) is 0 Å². The summed E-state index contributed by atoms with van der Waals surface area (Å²) in [5, 5.41) is 16.8. The quantitative estimate of drug-likeness (QED) is 0.938. The van der Waals surface area contributed by atoms with Crippen molar-refractivity contribution in [2.45, 2.75) is 19.1 Å². The van der Waals surface area contributed by atoms with Crippen LogP contribution in [0.3, 0.4) is 0 Å². The molecule has 0 fully saturated rings. The molecule has 0 saturated heterocycles. The van der Waals surface area contributed by atoms with Crippen molar-refractivity contribution in [1.82, 2.24) is 15.0 Å². The monoisotopic (exact) mass is 291 g/mol. The van der Waals surface area contributed by atoms with Crippen LogP contribution in [0, 0.1) is 0 Å². The number of carboxylic acids is 1. The first-order valence-electron chi connectivity index (χ1n) is 5.16. The summed E-state index contributed by atoms with van der Waals surface area (Å²) >= 11 is 1.41. The van der Waals surface area contributed by atoms with Gasteiger partial charge in [0.2, 0.25) is 5.69 Å². The fourth-order valence-corrected chi connectivity index (χ4v) is 2.26. The first-order chi connectivity index (χ1) is 8.89. The Hall–Kier alpha value is -1.90. The van der Waals surface area contributed by atoms with Crippen molar-refractivity contribution in [1.29, 1.82) is 0 Å². The van der Waals surface area contributed by atoms with Gasteiger partial charge in [-0.25, -0.2) is 9.48 Å². The fraction of sp³-hybridized carbons (Fsp3) is 0.300. The Balaban J connectivity index is 2.27. The third-order valence-corrected chi connectivity index (χ3v) is 3.29. The molecule has 0 atom stereocenters. The van der Waals surface area contributed by atoms with E-state index in [1.807, 2.05) is 5.38 Å². The molecule has 9 heteroatoms. The summed E-state index contributed by atoms with van der Waals surface area (Å²) in [5.41, 5.74) is -2.39. The summed E-state index contributed by atoms with van der Waals surface area (Å²) in [5.74, 6) is -1.74. The summed E-state index contributed by atoms with van der Waals surface area (Å²) in [6, 6.07) is 3.57. The lowest BCUT2D eigenvalue weighted by molar-refractivity contribution is -0.144. The normalized spacial score (nSPS) is 11.7. The van der Waals surface area contributed by atoms with Gasteiger partial charge in [-0.15, -0.1) is 16.4 Å². The van der Waals surface area contributed by atoms with Gasteiger partial charge >= 0.3 is 12.1 Å². The van der Waals surface area contributed by atoms with Gasteiger partial charge in [0.15, 0.2) is 5.69 Å². The number of carbonyl (C=O) groups is 1. The van der Waals surface area contributed by atoms with E-state index in [2.05, 4.69) is 10.3 Å². The van der Waals surface area contributed by atoms with Gasteiger partial charge in [0.05, 0.1) is 0 Å². The van der Waals surface area contributed by atoms with Gasteiger partial charge in [0.25, 0.3) is 0 Å². The molecule has 2 rings (SSSR count). The molecule has 0 aliphatic carbocycles. The molecule has 2 aromatic heterocycles. The lowest BCUT2D eigenvalue weighted by Gasteiger charge is -2.09. The molecule has 0 spiro atoms. The molecule has 1 N–H and O–H groups in total. The number of rotatable bonds is 4. The third-order valence-electron chi connectivity index (χ3n) is 2.36. The van der Waals surface area contributed by atoms with E-state index in [1.54, 1.807) is 12.1 Å². The second kappa shape index (κ2) is 5.00. The standard InChI is InChI=1S/C10H8F3N3O2S/c11-10(12,13)8-7(9(17)18)14-15-16(8)4-3-6-2-1-5-19-6/h1-2,5H,3-4H2,(H,17,18). The van der Waals surface area contributed by atoms with Crippen molar-refractivity contribution < 1.29 is 23.1 Å². The zero-order chi connectivity index (χ0) is 14.0. The third kappa shape index (κ3) is 2.92. The van der Waals surface area contributed by atoms with Gasteiger partial charge in [-0.2, -0.15) is 13.2 Å². The first kappa shape index (κ1) is 13.5. The molecule has 0 radical (unpaired) electrons. The van der Waals surface area contributed by atoms with Gasteiger partial charge in [-0.1, -0.05) is 11.3 Å². The van der Waals surface area contributed by atoms with Crippen molar-refractivity contribution in [3.8, 4) is 0 Å². The summed E-state index contributed by atoms with van der Waals surface area (Å²) in [6.07, 6.45) is -4.46. The maximum absolute atomic E-state index is 12.8. The highest BCUT2D eigenvalue weighted by Gasteiger charge is 2.41. The van der Waals surface area contributed by atoms with Crippen LogP contribution in [-0.4, -0.2) is 26.1 Å². The van der Waals surface area contributed by atoms with Gasteiger partial charge in [-0.3, -0.25) is 0 Å². The van der Waals surface area contributed by atoms with E-state index in [-0.39, 0.29) is 6.54 Å². The number of thiophene rings is 1. The van der Waals surface area contributed by atoms with E-state index in [4.69, 9.17) is 5.11 Å². The Labute approximate surface area is 109 Å². The van der Waals surface area contributed by atoms with Crippen molar-refractivity contribution >= 4 is 17.3 Å². The number of carboxylic acid groups (broad SMARTS) is 1. The highest BCUT2D eigenvalue weighted by atomic mass is 32.1. The first-order valence-corrected chi connectivity index (χ1v) is 6.04. The molecular formula is C10H8F3N3O2S. The van der Waals surface area contributed by atoms with Crippen molar-refractivity contribution in [2.24, 2.45) is 0 Å². The van der Waals surface area contributed by atoms with Crippen LogP contribution in [0.4, 0.5) is 13.2 Å². The van der Waals surface area contributed by atoms with E-state index in [0.29, 0.717) is 11.1 Å². The van der Waals surface area contributed by atoms with Crippen LogP contribution in [0.2, 0.25) is 0 Å². The molecule has 0 unspecified atom stereocenters. The number of hydrogen-bond acceptors (Lipinski definition) is 4. The predicted molar refractivity (Wildman–Crippen MR) is 60.0 cm³/mol. The molecule has 5 nitrogen and oxygen atoms in total. The smallest absolute Gasteiger partial charge is 0.435 e. The average Bonchev–Trinajstić information content (AvgIpc) is 2.94. The molecular weight excluding hydrogens is 283 g/mol. The van der Waals surface area contributed by atoms with E-state index in [0.717, 1.165) is 4.88 Å². The zero-order valence-corrected chi connectivity index (χ0v) is 10.2. The zero-order valence-electron chi connectivity index (χ0n) is 9.39. The van der Waals surface area contributed by atoms with Gasteiger partial charge in [0.1, 0.15) is 0 Å². The number of nitrogens with zero attached hydrogens (tertiary/aromatic N) is 3. The van der Waals surface area contributed by atoms with Crippen LogP contribution in [0.15, 0.2) is 17.5 Å². The fourth-order valence-electron chi connectivity index (χ4n) is 1.57. The molecule has 0 aliphatic rings. The molecule has 0 aromatic carbocycles. The van der Waals surface area contributed by atoms with Crippen LogP contribution in [0.5, 0.6) is 0 Å². The summed E-state index contributed by atoms with van der Waals surface area (Å²) in [4.78, 5) is 11.6. The largest absolute Gasteiger partial charge is 0.476 e. The maximum Gasteiger partial charge on any atom is 0.435 e. The van der Waals surface area contributed by atoms with Gasteiger partial charge in [0, 0.05) is 17.8 Å². The van der Waals surface area contributed by atoms with Crippen LogP contribution in [0.1, 0.15) is 21.1 Å². The SMILES string of the molecule is O=C(O)c1nnn(CCc2cccs2)c1C(F)(F)F. The van der Waals surface area contributed by atoms with E-state index in [1.165, 1.54) is 11.3 Å². The predicted octanol–water partition coefficient (Wildman–Crippen LogP) is 2.30. The van der Waals surface area contributed by atoms with Crippen LogP contribution in [-0.2, 0) is 19.1 Å². The van der Waals surface area contributed by atoms with Crippen molar-refractivity contribution in [3.63, 3.8) is 0 Å². The Morgan fingerprint density at radius 2 is 2.21 bits per heavy atom. The second-order valence-electron chi connectivity index (χ2n) is 3.64. The topological polar surface area (TPSA) is 68.0 Å². The number of aromatic carboxylic acids is 1. The highest BCUT2D eigenvalue weighted by Crippen LogP contribution is 2.31. The molecule has 0 amide bonds. The molecule has 102 valence electrons. The second-order valence-corrected chi connectivity index (χ2v) is 4.67. The van der Waals surface area contributed by atoms with E-state index >= 15 is 0 Å². The molecule has 2 aromatic rings. The number of alkyl halides is 3. The Morgan fingerprint density at radius 3 is 2.74 bits per heavy atom. The van der Waals surface area contributed by atoms with Crippen molar-refractivity contribution in [3.05, 3.63) is 33.8 Å². The molecule has 19 heavy (non-hydrogen) atoms. The average molecular weight is 291 g/mol. The Morgan fingerprint density at radius 1 is 1.47 bits per heavy atom. The van der Waals surface area contributed by atoms with E-state index in [9.17, 15) is 18.0 Å². The van der Waals surface area contributed by atoms with Crippen molar-refractivity contribution in [2.75, 3.05) is 0 Å². The number of halogens is 3. The minimum Gasteiger partial charge on any atom is -0.476 e. The minimum atomic E-state index is -4.80. The molecule has 0 saturated carbocycles. The summed E-state index contributed by atoms with van der Waals surface area (Å²) in [6.45, 7) is -0.0738. The summed E-state index contributed by atoms with van der Waals surface area (Å²) < 4.78 is 39.0. The lowest BCUT2D eigenvalue weighted by atomic mass is 10.3. The van der Waals surface area contributed by atoms with Gasteiger partial charge < -0.3 is 5.11 Å². The van der Waals surface area contributed by atoms with Crippen LogP contribution < -0.4 is 0 Å². The molecule has 0 bridgehead atoms. The van der Waals surface area contributed by atoms with E-state index < -0.39 is 23.5 Å². The van der Waals surface area contributed by atoms with Crippen LogP contribution >= 0.6 is 11.3 Å². The molecule has 0 aliphatic heterocycles.